The third-order valence-electron chi connectivity index (χ3n) is 2.65. The molecule has 0 aromatic heterocycles. The summed E-state index contributed by atoms with van der Waals surface area (Å²) in [6.45, 7) is 2.01. The third kappa shape index (κ3) is 2.56. The molecule has 2 aromatic rings. The molecular weight excluding hydrogens is 232 g/mol. The number of hydrogen-bond acceptors (Lipinski definition) is 2. The Morgan fingerprint density at radius 3 is 2.06 bits per heavy atom. The predicted octanol–water partition coefficient (Wildman–Crippen LogP) is 3.07. The molecule has 2 rings (SSSR count). The summed E-state index contributed by atoms with van der Waals surface area (Å²) < 4.78 is 23.4. The number of sulfone groups is 1. The van der Waals surface area contributed by atoms with Crippen molar-refractivity contribution in [1.82, 2.24) is 0 Å². The highest BCUT2D eigenvalue weighted by Gasteiger charge is 2.13. The molecule has 0 saturated carbocycles. The van der Waals surface area contributed by atoms with Crippen LogP contribution in [0, 0.1) is 6.92 Å². The molecule has 0 bridgehead atoms. The summed E-state index contributed by atoms with van der Waals surface area (Å²) in [5.74, 6) is 0. The van der Waals surface area contributed by atoms with Crippen molar-refractivity contribution in [3.63, 3.8) is 0 Å². The van der Waals surface area contributed by atoms with E-state index in [1.54, 1.807) is 12.1 Å². The average Bonchev–Trinajstić information content (AvgIpc) is 2.29. The zero-order valence-corrected chi connectivity index (χ0v) is 10.7. The van der Waals surface area contributed by atoms with E-state index in [0.717, 1.165) is 16.7 Å². The van der Waals surface area contributed by atoms with Crippen molar-refractivity contribution >= 4 is 9.84 Å². The standard InChI is InChI=1S/C14H14O2S/c1-11-7-9-12(10-8-11)13-5-3-4-6-14(13)17(2,15)16/h3-10H,1-2H3. The Hall–Kier alpha value is -1.61. The molecule has 0 aliphatic heterocycles. The van der Waals surface area contributed by atoms with Gasteiger partial charge in [0.25, 0.3) is 0 Å². The van der Waals surface area contributed by atoms with E-state index >= 15 is 0 Å². The minimum absolute atomic E-state index is 0.379. The van der Waals surface area contributed by atoms with Gasteiger partial charge in [-0.15, -0.1) is 0 Å². The smallest absolute Gasteiger partial charge is 0.176 e. The first-order chi connectivity index (χ1) is 7.98. The van der Waals surface area contributed by atoms with Crippen LogP contribution in [0.15, 0.2) is 53.4 Å². The predicted molar refractivity (Wildman–Crippen MR) is 69.7 cm³/mol. The van der Waals surface area contributed by atoms with Crippen LogP contribution in [0.5, 0.6) is 0 Å². The summed E-state index contributed by atoms with van der Waals surface area (Å²) in [4.78, 5) is 0.379. The lowest BCUT2D eigenvalue weighted by Gasteiger charge is -2.08. The molecule has 0 N–H and O–H groups in total. The Morgan fingerprint density at radius 1 is 0.882 bits per heavy atom. The van der Waals surface area contributed by atoms with Crippen molar-refractivity contribution in [2.45, 2.75) is 11.8 Å². The fourth-order valence-corrected chi connectivity index (χ4v) is 2.67. The van der Waals surface area contributed by atoms with Crippen molar-refractivity contribution in [3.05, 3.63) is 54.1 Å². The maximum atomic E-state index is 11.7. The first kappa shape index (κ1) is 11.9. The lowest BCUT2D eigenvalue weighted by molar-refractivity contribution is 0.602. The Kier molecular flexibility index (Phi) is 3.03. The molecule has 0 unspecified atom stereocenters. The largest absolute Gasteiger partial charge is 0.224 e. The zero-order chi connectivity index (χ0) is 12.5. The van der Waals surface area contributed by atoms with E-state index in [4.69, 9.17) is 0 Å². The number of rotatable bonds is 2. The van der Waals surface area contributed by atoms with Crippen LogP contribution in [0.25, 0.3) is 11.1 Å². The third-order valence-corrected chi connectivity index (χ3v) is 3.80. The Labute approximate surface area is 102 Å². The summed E-state index contributed by atoms with van der Waals surface area (Å²) in [7, 11) is -3.19. The minimum atomic E-state index is -3.19. The first-order valence-corrected chi connectivity index (χ1v) is 7.24. The summed E-state index contributed by atoms with van der Waals surface area (Å²) >= 11 is 0. The second kappa shape index (κ2) is 4.34. The molecule has 0 spiro atoms. The first-order valence-electron chi connectivity index (χ1n) is 5.34. The van der Waals surface area contributed by atoms with E-state index < -0.39 is 9.84 Å². The van der Waals surface area contributed by atoms with Crippen LogP contribution in [-0.2, 0) is 9.84 Å². The van der Waals surface area contributed by atoms with Gasteiger partial charge in [-0.3, -0.25) is 0 Å². The van der Waals surface area contributed by atoms with Crippen molar-refractivity contribution in [2.75, 3.05) is 6.26 Å². The van der Waals surface area contributed by atoms with Gasteiger partial charge >= 0.3 is 0 Å². The van der Waals surface area contributed by atoms with Crippen LogP contribution >= 0.6 is 0 Å². The van der Waals surface area contributed by atoms with Gasteiger partial charge in [-0.25, -0.2) is 8.42 Å². The molecule has 0 atom stereocenters. The summed E-state index contributed by atoms with van der Waals surface area (Å²) in [5, 5.41) is 0. The van der Waals surface area contributed by atoms with Gasteiger partial charge in [0.1, 0.15) is 0 Å². The molecular formula is C14H14O2S. The highest BCUT2D eigenvalue weighted by atomic mass is 32.2. The highest BCUT2D eigenvalue weighted by molar-refractivity contribution is 7.90. The maximum Gasteiger partial charge on any atom is 0.176 e. The molecule has 2 nitrogen and oxygen atoms in total. The van der Waals surface area contributed by atoms with Gasteiger partial charge in [-0.2, -0.15) is 0 Å². The molecule has 17 heavy (non-hydrogen) atoms. The zero-order valence-electron chi connectivity index (χ0n) is 9.84. The molecule has 0 radical (unpaired) electrons. The average molecular weight is 246 g/mol. The summed E-state index contributed by atoms with van der Waals surface area (Å²) in [5.41, 5.74) is 2.84. The molecule has 0 aliphatic carbocycles. The second-order valence-electron chi connectivity index (χ2n) is 4.13. The number of benzene rings is 2. The summed E-state index contributed by atoms with van der Waals surface area (Å²) in [6, 6.07) is 14.9. The second-order valence-corrected chi connectivity index (χ2v) is 6.12. The van der Waals surface area contributed by atoms with Gasteiger partial charge in [-0.1, -0.05) is 48.0 Å². The lowest BCUT2D eigenvalue weighted by atomic mass is 10.0. The van der Waals surface area contributed by atoms with Gasteiger partial charge in [0.15, 0.2) is 9.84 Å². The Balaban J connectivity index is 2.64. The normalized spacial score (nSPS) is 11.4. The van der Waals surface area contributed by atoms with E-state index in [1.165, 1.54) is 6.26 Å². The fraction of sp³-hybridized carbons (Fsp3) is 0.143. The lowest BCUT2D eigenvalue weighted by Crippen LogP contribution is -1.99. The van der Waals surface area contributed by atoms with E-state index in [1.807, 2.05) is 43.3 Å². The van der Waals surface area contributed by atoms with E-state index in [0.29, 0.717) is 4.90 Å². The van der Waals surface area contributed by atoms with Gasteiger partial charge in [0.05, 0.1) is 4.90 Å². The molecule has 0 saturated heterocycles. The van der Waals surface area contributed by atoms with Crippen LogP contribution in [0.2, 0.25) is 0 Å². The quantitative estimate of drug-likeness (QED) is 0.816. The molecule has 0 aliphatic rings. The molecule has 0 fully saturated rings. The number of hydrogen-bond donors (Lipinski definition) is 0. The maximum absolute atomic E-state index is 11.7. The van der Waals surface area contributed by atoms with Gasteiger partial charge in [-0.05, 0) is 18.6 Å². The minimum Gasteiger partial charge on any atom is -0.224 e. The van der Waals surface area contributed by atoms with Crippen LogP contribution in [0.3, 0.4) is 0 Å². The molecule has 0 heterocycles. The van der Waals surface area contributed by atoms with Crippen LogP contribution in [0.1, 0.15) is 5.56 Å². The van der Waals surface area contributed by atoms with Crippen LogP contribution in [0.4, 0.5) is 0 Å². The highest BCUT2D eigenvalue weighted by Crippen LogP contribution is 2.27. The van der Waals surface area contributed by atoms with Crippen molar-refractivity contribution in [2.24, 2.45) is 0 Å². The van der Waals surface area contributed by atoms with E-state index in [2.05, 4.69) is 0 Å². The van der Waals surface area contributed by atoms with Gasteiger partial charge in [0, 0.05) is 11.8 Å². The Bertz CT molecular complexity index is 626. The van der Waals surface area contributed by atoms with Crippen LogP contribution in [-0.4, -0.2) is 14.7 Å². The SMILES string of the molecule is Cc1ccc(-c2ccccc2S(C)(=O)=O)cc1. The topological polar surface area (TPSA) is 34.1 Å². The monoisotopic (exact) mass is 246 g/mol. The van der Waals surface area contributed by atoms with E-state index in [-0.39, 0.29) is 0 Å². The Morgan fingerprint density at radius 2 is 1.47 bits per heavy atom. The van der Waals surface area contributed by atoms with Gasteiger partial charge < -0.3 is 0 Å². The van der Waals surface area contributed by atoms with Crippen molar-refractivity contribution in [3.8, 4) is 11.1 Å². The van der Waals surface area contributed by atoms with Crippen LogP contribution < -0.4 is 0 Å². The molecule has 2 aromatic carbocycles. The molecule has 88 valence electrons. The van der Waals surface area contributed by atoms with Crippen molar-refractivity contribution < 1.29 is 8.42 Å². The fourth-order valence-electron chi connectivity index (χ4n) is 1.76. The van der Waals surface area contributed by atoms with Gasteiger partial charge in [0.2, 0.25) is 0 Å². The molecule has 3 heteroatoms. The van der Waals surface area contributed by atoms with Crippen molar-refractivity contribution in [1.29, 1.82) is 0 Å². The van der Waals surface area contributed by atoms with E-state index in [9.17, 15) is 8.42 Å². The summed E-state index contributed by atoms with van der Waals surface area (Å²) in [6.07, 6.45) is 1.24. The number of aryl methyl sites for hydroxylation is 1. The molecule has 0 amide bonds.